The molecule has 0 aromatic heterocycles. The lowest BCUT2D eigenvalue weighted by molar-refractivity contribution is -0.124. The second-order valence-electron chi connectivity index (χ2n) is 4.47. The highest BCUT2D eigenvalue weighted by Gasteiger charge is 2.25. The second-order valence-corrected chi connectivity index (χ2v) is 5.32. The summed E-state index contributed by atoms with van der Waals surface area (Å²) < 4.78 is 17.1. The molecule has 5 nitrogen and oxygen atoms in total. The fraction of sp³-hybridized carbons (Fsp3) is 0.462. The number of amides is 1. The van der Waals surface area contributed by atoms with Crippen LogP contribution in [0.4, 0.5) is 5.69 Å². The monoisotopic (exact) mass is 327 g/mol. The maximum atomic E-state index is 12.0. The minimum absolute atomic E-state index is 0.116. The number of nitrogens with one attached hydrogen (secondary N) is 1. The predicted octanol–water partition coefficient (Wildman–Crippen LogP) is 2.34. The summed E-state index contributed by atoms with van der Waals surface area (Å²) in [6.07, 6.45) is 1.36. The molecule has 0 bridgehead atoms. The van der Waals surface area contributed by atoms with Crippen molar-refractivity contribution >= 4 is 27.5 Å². The number of hydrogen-bond acceptors (Lipinski definition) is 4. The summed E-state index contributed by atoms with van der Waals surface area (Å²) in [7, 11) is 0. The average Bonchev–Trinajstić information content (AvgIpc) is 2.93. The molecule has 3 rings (SSSR count). The van der Waals surface area contributed by atoms with Gasteiger partial charge >= 0.3 is 0 Å². The summed E-state index contributed by atoms with van der Waals surface area (Å²) in [6.45, 7) is 1.72. The number of benzene rings is 1. The zero-order valence-corrected chi connectivity index (χ0v) is 11.9. The molecule has 1 saturated heterocycles. The molecule has 1 N–H and O–H groups in total. The molecule has 0 unspecified atom stereocenters. The molecule has 0 saturated carbocycles. The fourth-order valence-electron chi connectivity index (χ4n) is 2.16. The van der Waals surface area contributed by atoms with Crippen LogP contribution in [0.3, 0.4) is 0 Å². The van der Waals surface area contributed by atoms with E-state index in [1.165, 1.54) is 0 Å². The van der Waals surface area contributed by atoms with Crippen LogP contribution in [0, 0.1) is 0 Å². The normalized spacial score (nSPS) is 21.2. The van der Waals surface area contributed by atoms with E-state index in [1.54, 1.807) is 12.1 Å². The number of carbonyl (C=O) groups is 1. The summed E-state index contributed by atoms with van der Waals surface area (Å²) in [4.78, 5) is 12.0. The van der Waals surface area contributed by atoms with Gasteiger partial charge in [-0.1, -0.05) is 0 Å². The van der Waals surface area contributed by atoms with Crippen molar-refractivity contribution in [3.8, 4) is 11.5 Å². The topological polar surface area (TPSA) is 56.8 Å². The molecule has 2 aliphatic rings. The molecule has 1 fully saturated rings. The maximum absolute atomic E-state index is 12.0. The summed E-state index contributed by atoms with van der Waals surface area (Å²) in [5.74, 6) is 1.22. The van der Waals surface area contributed by atoms with E-state index in [4.69, 9.17) is 14.2 Å². The number of hydrogen-bond donors (Lipinski definition) is 1. The molecule has 1 aromatic rings. The third kappa shape index (κ3) is 2.69. The average molecular weight is 328 g/mol. The van der Waals surface area contributed by atoms with Crippen LogP contribution in [0.2, 0.25) is 0 Å². The van der Waals surface area contributed by atoms with Crippen molar-refractivity contribution in [1.29, 1.82) is 0 Å². The lowest BCUT2D eigenvalue weighted by Crippen LogP contribution is -2.27. The Hall–Kier alpha value is -1.27. The van der Waals surface area contributed by atoms with Crippen LogP contribution < -0.4 is 14.8 Å². The van der Waals surface area contributed by atoms with Gasteiger partial charge in [0.15, 0.2) is 11.5 Å². The predicted molar refractivity (Wildman–Crippen MR) is 72.7 cm³/mol. The number of carbonyl (C=O) groups excluding carboxylic acids is 1. The lowest BCUT2D eigenvalue weighted by Gasteiger charge is -2.20. The number of fused-ring (bicyclic) bond motifs is 1. The summed E-state index contributed by atoms with van der Waals surface area (Å²) in [5.41, 5.74) is 0.671. The SMILES string of the molecule is O=C(Nc1cc2c(cc1Br)OCCO2)[C@@H]1CCCO1. The van der Waals surface area contributed by atoms with Crippen LogP contribution >= 0.6 is 15.9 Å². The van der Waals surface area contributed by atoms with Crippen LogP contribution in [0.1, 0.15) is 12.8 Å². The summed E-state index contributed by atoms with van der Waals surface area (Å²) in [5, 5.41) is 2.86. The molecule has 1 amide bonds. The zero-order chi connectivity index (χ0) is 13.2. The lowest BCUT2D eigenvalue weighted by atomic mass is 10.2. The highest BCUT2D eigenvalue weighted by atomic mass is 79.9. The number of ether oxygens (including phenoxy) is 3. The number of halogens is 1. The zero-order valence-electron chi connectivity index (χ0n) is 10.3. The van der Waals surface area contributed by atoms with Gasteiger partial charge in [-0.05, 0) is 28.8 Å². The number of anilines is 1. The Balaban J connectivity index is 1.78. The van der Waals surface area contributed by atoms with E-state index in [2.05, 4.69) is 21.2 Å². The van der Waals surface area contributed by atoms with E-state index in [0.717, 1.165) is 17.3 Å². The van der Waals surface area contributed by atoms with Gasteiger partial charge in [-0.15, -0.1) is 0 Å². The van der Waals surface area contributed by atoms with Crippen molar-refractivity contribution in [2.24, 2.45) is 0 Å². The van der Waals surface area contributed by atoms with Gasteiger partial charge in [0.2, 0.25) is 0 Å². The molecular formula is C13H14BrNO4. The highest BCUT2D eigenvalue weighted by Crippen LogP contribution is 2.38. The van der Waals surface area contributed by atoms with Crippen molar-refractivity contribution in [3.05, 3.63) is 16.6 Å². The van der Waals surface area contributed by atoms with E-state index in [9.17, 15) is 4.79 Å². The Kier molecular flexibility index (Phi) is 3.61. The van der Waals surface area contributed by atoms with E-state index in [-0.39, 0.29) is 12.0 Å². The standard InChI is InChI=1S/C13H14BrNO4/c14-8-6-11-12(19-5-4-18-11)7-9(8)15-13(16)10-2-1-3-17-10/h6-7,10H,1-5H2,(H,15,16)/t10-/m0/s1. The first-order valence-electron chi connectivity index (χ1n) is 6.25. The van der Waals surface area contributed by atoms with Crippen LogP contribution in [0.15, 0.2) is 16.6 Å². The Morgan fingerprint density at radius 1 is 1.21 bits per heavy atom. The first-order chi connectivity index (χ1) is 9.24. The molecule has 2 heterocycles. The third-order valence-corrected chi connectivity index (χ3v) is 3.77. The van der Waals surface area contributed by atoms with Gasteiger partial charge in [-0.25, -0.2) is 0 Å². The Morgan fingerprint density at radius 3 is 2.63 bits per heavy atom. The molecule has 102 valence electrons. The van der Waals surface area contributed by atoms with Gasteiger partial charge < -0.3 is 19.5 Å². The van der Waals surface area contributed by atoms with E-state index in [0.29, 0.717) is 37.0 Å². The molecular weight excluding hydrogens is 314 g/mol. The molecule has 6 heteroatoms. The van der Waals surface area contributed by atoms with Crippen LogP contribution in [-0.4, -0.2) is 31.8 Å². The first-order valence-corrected chi connectivity index (χ1v) is 7.05. The molecule has 0 aliphatic carbocycles. The first kappa shape index (κ1) is 12.7. The van der Waals surface area contributed by atoms with E-state index < -0.39 is 0 Å². The molecule has 1 atom stereocenters. The smallest absolute Gasteiger partial charge is 0.253 e. The van der Waals surface area contributed by atoms with Gasteiger partial charge in [0, 0.05) is 23.2 Å². The van der Waals surface area contributed by atoms with Crippen molar-refractivity contribution in [1.82, 2.24) is 0 Å². The van der Waals surface area contributed by atoms with Crippen LogP contribution in [0.5, 0.6) is 11.5 Å². The molecule has 1 aromatic carbocycles. The molecule has 0 spiro atoms. The van der Waals surface area contributed by atoms with E-state index in [1.807, 2.05) is 0 Å². The summed E-state index contributed by atoms with van der Waals surface area (Å²) in [6, 6.07) is 3.57. The van der Waals surface area contributed by atoms with Crippen molar-refractivity contribution < 1.29 is 19.0 Å². The summed E-state index contributed by atoms with van der Waals surface area (Å²) >= 11 is 3.42. The quantitative estimate of drug-likeness (QED) is 0.905. The molecule has 19 heavy (non-hydrogen) atoms. The van der Waals surface area contributed by atoms with Gasteiger partial charge in [0.05, 0.1) is 5.69 Å². The van der Waals surface area contributed by atoms with Gasteiger partial charge in [-0.2, -0.15) is 0 Å². The third-order valence-electron chi connectivity index (χ3n) is 3.11. The van der Waals surface area contributed by atoms with Crippen molar-refractivity contribution in [3.63, 3.8) is 0 Å². The molecule has 2 aliphatic heterocycles. The minimum Gasteiger partial charge on any atom is -0.486 e. The Morgan fingerprint density at radius 2 is 1.95 bits per heavy atom. The van der Waals surface area contributed by atoms with Crippen molar-refractivity contribution in [2.45, 2.75) is 18.9 Å². The van der Waals surface area contributed by atoms with Gasteiger partial charge in [0.25, 0.3) is 5.91 Å². The second kappa shape index (κ2) is 5.38. The van der Waals surface area contributed by atoms with Crippen LogP contribution in [0.25, 0.3) is 0 Å². The largest absolute Gasteiger partial charge is 0.486 e. The molecule has 0 radical (unpaired) electrons. The number of rotatable bonds is 2. The fourth-order valence-corrected chi connectivity index (χ4v) is 2.58. The van der Waals surface area contributed by atoms with Gasteiger partial charge in [0.1, 0.15) is 19.3 Å². The van der Waals surface area contributed by atoms with Gasteiger partial charge in [-0.3, -0.25) is 4.79 Å². The maximum Gasteiger partial charge on any atom is 0.253 e. The van der Waals surface area contributed by atoms with Crippen LogP contribution in [-0.2, 0) is 9.53 Å². The highest BCUT2D eigenvalue weighted by molar-refractivity contribution is 9.10. The van der Waals surface area contributed by atoms with Crippen molar-refractivity contribution in [2.75, 3.05) is 25.1 Å². The van der Waals surface area contributed by atoms with E-state index >= 15 is 0 Å². The Bertz CT molecular complexity index is 500. The Labute approximate surface area is 119 Å². The minimum atomic E-state index is -0.347.